The minimum Gasteiger partial charge on any atom is -0.379 e. The fraction of sp³-hybridized carbons (Fsp3) is 0.667. The van der Waals surface area contributed by atoms with Crippen LogP contribution < -0.4 is 10.6 Å². The van der Waals surface area contributed by atoms with E-state index in [-0.39, 0.29) is 0 Å². The first kappa shape index (κ1) is 17.9. The van der Waals surface area contributed by atoms with E-state index in [9.17, 15) is 0 Å². The highest BCUT2D eigenvalue weighted by Crippen LogP contribution is 2.04. The Kier molecular flexibility index (Phi) is 10.8. The van der Waals surface area contributed by atoms with E-state index in [0.717, 1.165) is 32.1 Å². The van der Waals surface area contributed by atoms with Gasteiger partial charge in [-0.3, -0.25) is 4.99 Å². The molecule has 0 saturated carbocycles. The monoisotopic (exact) mass is 313 g/mol. The SMILES string of the molecule is CCCCOCCOCCNC(=NC)NCc1ccsc1. The minimum atomic E-state index is 0.645. The van der Waals surface area contributed by atoms with E-state index >= 15 is 0 Å². The summed E-state index contributed by atoms with van der Waals surface area (Å²) in [5.41, 5.74) is 1.27. The van der Waals surface area contributed by atoms with Crippen molar-refractivity contribution in [1.29, 1.82) is 0 Å². The highest BCUT2D eigenvalue weighted by molar-refractivity contribution is 7.07. The van der Waals surface area contributed by atoms with Crippen molar-refractivity contribution in [3.05, 3.63) is 22.4 Å². The van der Waals surface area contributed by atoms with Crippen LogP contribution in [0.1, 0.15) is 25.3 Å². The number of nitrogens with zero attached hydrogens (tertiary/aromatic N) is 1. The smallest absolute Gasteiger partial charge is 0.191 e. The van der Waals surface area contributed by atoms with Gasteiger partial charge in [0.15, 0.2) is 5.96 Å². The van der Waals surface area contributed by atoms with Crippen molar-refractivity contribution in [2.45, 2.75) is 26.3 Å². The molecule has 21 heavy (non-hydrogen) atoms. The lowest BCUT2D eigenvalue weighted by atomic mass is 10.3. The predicted molar refractivity (Wildman–Crippen MR) is 89.1 cm³/mol. The third kappa shape index (κ3) is 9.44. The average molecular weight is 313 g/mol. The lowest BCUT2D eigenvalue weighted by Gasteiger charge is -2.11. The van der Waals surface area contributed by atoms with E-state index in [1.54, 1.807) is 18.4 Å². The summed E-state index contributed by atoms with van der Waals surface area (Å²) in [7, 11) is 1.77. The van der Waals surface area contributed by atoms with E-state index in [2.05, 4.69) is 39.4 Å². The second kappa shape index (κ2) is 12.6. The molecule has 0 radical (unpaired) electrons. The van der Waals surface area contributed by atoms with Crippen molar-refractivity contribution in [2.75, 3.05) is 40.0 Å². The van der Waals surface area contributed by atoms with Gasteiger partial charge in [-0.2, -0.15) is 11.3 Å². The Morgan fingerprint density at radius 2 is 2.00 bits per heavy atom. The molecule has 0 aliphatic rings. The topological polar surface area (TPSA) is 54.9 Å². The number of hydrogen-bond acceptors (Lipinski definition) is 4. The first-order chi connectivity index (χ1) is 10.4. The highest BCUT2D eigenvalue weighted by Gasteiger charge is 1.98. The maximum Gasteiger partial charge on any atom is 0.191 e. The molecule has 1 aromatic heterocycles. The molecule has 0 aliphatic carbocycles. The van der Waals surface area contributed by atoms with Gasteiger partial charge in [0.25, 0.3) is 0 Å². The van der Waals surface area contributed by atoms with Crippen LogP contribution in [0.25, 0.3) is 0 Å². The van der Waals surface area contributed by atoms with Crippen molar-refractivity contribution in [3.63, 3.8) is 0 Å². The third-order valence-electron chi connectivity index (χ3n) is 2.82. The van der Waals surface area contributed by atoms with Gasteiger partial charge in [-0.05, 0) is 28.8 Å². The zero-order valence-electron chi connectivity index (χ0n) is 13.1. The lowest BCUT2D eigenvalue weighted by molar-refractivity contribution is 0.0487. The van der Waals surface area contributed by atoms with Crippen LogP contribution in [0.5, 0.6) is 0 Å². The molecule has 0 unspecified atom stereocenters. The van der Waals surface area contributed by atoms with Gasteiger partial charge < -0.3 is 20.1 Å². The molecule has 0 atom stereocenters. The van der Waals surface area contributed by atoms with E-state index < -0.39 is 0 Å². The summed E-state index contributed by atoms with van der Waals surface area (Å²) >= 11 is 1.70. The number of aliphatic imine (C=N–C) groups is 1. The Morgan fingerprint density at radius 3 is 2.67 bits per heavy atom. The summed E-state index contributed by atoms with van der Waals surface area (Å²) in [6.45, 7) is 6.48. The van der Waals surface area contributed by atoms with Gasteiger partial charge >= 0.3 is 0 Å². The number of rotatable bonds is 11. The average Bonchev–Trinajstić information content (AvgIpc) is 3.02. The largest absolute Gasteiger partial charge is 0.379 e. The molecule has 0 spiro atoms. The number of ether oxygens (including phenoxy) is 2. The summed E-state index contributed by atoms with van der Waals surface area (Å²) < 4.78 is 10.9. The summed E-state index contributed by atoms with van der Waals surface area (Å²) in [4.78, 5) is 4.17. The predicted octanol–water partition coefficient (Wildman–Crippen LogP) is 2.25. The van der Waals surface area contributed by atoms with Crippen LogP contribution in [0.2, 0.25) is 0 Å². The molecule has 5 nitrogen and oxygen atoms in total. The van der Waals surface area contributed by atoms with E-state index in [0.29, 0.717) is 19.8 Å². The minimum absolute atomic E-state index is 0.645. The van der Waals surface area contributed by atoms with Gasteiger partial charge in [0.1, 0.15) is 0 Å². The molecule has 1 rings (SSSR count). The Bertz CT molecular complexity index is 369. The zero-order chi connectivity index (χ0) is 15.2. The summed E-state index contributed by atoms with van der Waals surface area (Å²) in [6, 6.07) is 2.10. The molecule has 2 N–H and O–H groups in total. The van der Waals surface area contributed by atoms with Gasteiger partial charge in [-0.25, -0.2) is 0 Å². The van der Waals surface area contributed by atoms with Gasteiger partial charge in [0.05, 0.1) is 19.8 Å². The first-order valence-electron chi connectivity index (χ1n) is 7.48. The number of unbranched alkanes of at least 4 members (excludes halogenated alkanes) is 1. The molecule has 120 valence electrons. The molecule has 1 heterocycles. The van der Waals surface area contributed by atoms with Gasteiger partial charge in [-0.1, -0.05) is 13.3 Å². The van der Waals surface area contributed by atoms with Gasteiger partial charge in [-0.15, -0.1) is 0 Å². The Labute approximate surface area is 131 Å². The molecule has 0 amide bonds. The molecule has 0 aromatic carbocycles. The van der Waals surface area contributed by atoms with E-state index in [1.807, 2.05) is 0 Å². The van der Waals surface area contributed by atoms with E-state index in [4.69, 9.17) is 9.47 Å². The summed E-state index contributed by atoms with van der Waals surface area (Å²) in [5, 5.41) is 10.7. The standard InChI is InChI=1S/C15H27N3O2S/c1-3-4-7-19-9-10-20-8-6-17-15(16-2)18-12-14-5-11-21-13-14/h5,11,13H,3-4,6-10,12H2,1-2H3,(H2,16,17,18). The van der Waals surface area contributed by atoms with Crippen LogP contribution >= 0.6 is 11.3 Å². The number of hydrogen-bond donors (Lipinski definition) is 2. The van der Waals surface area contributed by atoms with Crippen LogP contribution in [0.15, 0.2) is 21.8 Å². The van der Waals surface area contributed by atoms with Crippen molar-refractivity contribution in [1.82, 2.24) is 10.6 Å². The van der Waals surface area contributed by atoms with Crippen molar-refractivity contribution in [3.8, 4) is 0 Å². The molecular formula is C15H27N3O2S. The van der Waals surface area contributed by atoms with Crippen LogP contribution in [0.3, 0.4) is 0 Å². The number of nitrogens with one attached hydrogen (secondary N) is 2. The Morgan fingerprint density at radius 1 is 1.19 bits per heavy atom. The molecule has 6 heteroatoms. The lowest BCUT2D eigenvalue weighted by Crippen LogP contribution is -2.38. The molecule has 0 fully saturated rings. The van der Waals surface area contributed by atoms with Crippen molar-refractivity contribution < 1.29 is 9.47 Å². The Balaban J connectivity index is 1.95. The number of guanidine groups is 1. The highest BCUT2D eigenvalue weighted by atomic mass is 32.1. The number of thiophene rings is 1. The second-order valence-corrected chi connectivity index (χ2v) is 5.34. The Hall–Kier alpha value is -1.11. The fourth-order valence-corrected chi connectivity index (χ4v) is 2.28. The molecule has 0 saturated heterocycles. The molecular weight excluding hydrogens is 286 g/mol. The van der Waals surface area contributed by atoms with Crippen molar-refractivity contribution >= 4 is 17.3 Å². The first-order valence-corrected chi connectivity index (χ1v) is 8.42. The second-order valence-electron chi connectivity index (χ2n) is 4.56. The molecule has 0 bridgehead atoms. The molecule has 1 aromatic rings. The fourth-order valence-electron chi connectivity index (χ4n) is 1.61. The zero-order valence-corrected chi connectivity index (χ0v) is 13.9. The maximum atomic E-state index is 5.49. The molecule has 0 aliphatic heterocycles. The van der Waals surface area contributed by atoms with Gasteiger partial charge in [0, 0.05) is 26.7 Å². The van der Waals surface area contributed by atoms with E-state index in [1.165, 1.54) is 12.0 Å². The van der Waals surface area contributed by atoms with Crippen molar-refractivity contribution in [2.24, 2.45) is 4.99 Å². The summed E-state index contributed by atoms with van der Waals surface area (Å²) in [5.74, 6) is 0.795. The van der Waals surface area contributed by atoms with Crippen LogP contribution in [-0.2, 0) is 16.0 Å². The normalized spacial score (nSPS) is 11.6. The van der Waals surface area contributed by atoms with Crippen LogP contribution in [-0.4, -0.2) is 46.0 Å². The van der Waals surface area contributed by atoms with Gasteiger partial charge in [0.2, 0.25) is 0 Å². The van der Waals surface area contributed by atoms with Crippen LogP contribution in [0.4, 0.5) is 0 Å². The van der Waals surface area contributed by atoms with Crippen LogP contribution in [0, 0.1) is 0 Å². The third-order valence-corrected chi connectivity index (χ3v) is 3.55. The quantitative estimate of drug-likeness (QED) is 0.374. The summed E-state index contributed by atoms with van der Waals surface area (Å²) in [6.07, 6.45) is 2.29. The maximum absolute atomic E-state index is 5.49.